The third-order valence-electron chi connectivity index (χ3n) is 11.2. The molecule has 3 aromatic carbocycles. The number of fused-ring (bicyclic) bond motifs is 2. The fraction of sp³-hybridized carbons (Fsp3) is 0.429. The van der Waals surface area contributed by atoms with Crippen molar-refractivity contribution < 1.29 is 33.8 Å². The van der Waals surface area contributed by atoms with E-state index in [4.69, 9.17) is 9.47 Å². The molecule has 0 saturated carbocycles. The number of rotatable bonds is 16. The summed E-state index contributed by atoms with van der Waals surface area (Å²) < 4.78 is 13.0. The molecule has 11 heteroatoms. The van der Waals surface area contributed by atoms with Crippen LogP contribution >= 0.6 is 15.9 Å². The van der Waals surface area contributed by atoms with Crippen molar-refractivity contribution in [1.29, 1.82) is 0 Å². The van der Waals surface area contributed by atoms with Crippen molar-refractivity contribution in [2.75, 3.05) is 24.6 Å². The molecule has 1 spiro atoms. The summed E-state index contributed by atoms with van der Waals surface area (Å²) in [7, 11) is 0. The van der Waals surface area contributed by atoms with Crippen LogP contribution in [0.2, 0.25) is 0 Å². The number of amides is 3. The molecule has 3 aromatic rings. The summed E-state index contributed by atoms with van der Waals surface area (Å²) in [6.45, 7) is 11.3. The molecule has 2 bridgehead atoms. The van der Waals surface area contributed by atoms with Gasteiger partial charge in [0.15, 0.2) is 0 Å². The third kappa shape index (κ3) is 7.18. The highest BCUT2D eigenvalue weighted by Crippen LogP contribution is 2.61. The van der Waals surface area contributed by atoms with Gasteiger partial charge in [-0.25, -0.2) is 0 Å². The van der Waals surface area contributed by atoms with Gasteiger partial charge in [0.05, 0.1) is 37.1 Å². The number of alkyl halides is 1. The topological polar surface area (TPSA) is 125 Å². The summed E-state index contributed by atoms with van der Waals surface area (Å²) in [6.07, 6.45) is 3.40. The molecule has 3 aliphatic heterocycles. The van der Waals surface area contributed by atoms with Crippen molar-refractivity contribution >= 4 is 56.1 Å². The van der Waals surface area contributed by atoms with Crippen LogP contribution in [0, 0.1) is 17.8 Å². The lowest BCUT2D eigenvalue weighted by Crippen LogP contribution is -2.60. The fourth-order valence-corrected chi connectivity index (χ4v) is 9.32. The molecule has 0 aliphatic carbocycles. The summed E-state index contributed by atoms with van der Waals surface area (Å²) in [5.41, 5.74) is -0.0710. The molecule has 3 fully saturated rings. The van der Waals surface area contributed by atoms with Crippen LogP contribution in [0.3, 0.4) is 0 Å². The number of hydrogen-bond acceptors (Lipinski definition) is 7. The standard InChI is InChI=1S/C42H48BrN3O7/c1-5-8-18-34(48)44-24-33(28-15-10-9-11-16-28)52-41(51)35-36-39(49)46(32(25-47)26(4)7-3)38(42(36)23-31(43)37(35)53-42)40(50)45(21-6-2)30-20-19-27-14-12-13-17-29(27)22-30/h5-6,9-17,19-20,22,26,31-33,35-38,47H,1-2,7-8,18,21,23-25H2,3-4H3,(H,44,48)/t26-,31?,32-,33-,35+,36-,37+,38+,42-/m0/s1. The molecular weight excluding hydrogens is 738 g/mol. The van der Waals surface area contributed by atoms with Crippen LogP contribution < -0.4 is 10.2 Å². The van der Waals surface area contributed by atoms with E-state index >= 15 is 4.79 Å². The summed E-state index contributed by atoms with van der Waals surface area (Å²) in [4.78, 5) is 59.9. The maximum absolute atomic E-state index is 15.2. The number of aliphatic hydroxyl groups is 1. The number of nitrogens with one attached hydrogen (secondary N) is 1. The molecule has 3 heterocycles. The lowest BCUT2D eigenvalue weighted by atomic mass is 9.70. The molecule has 9 atom stereocenters. The lowest BCUT2D eigenvalue weighted by Gasteiger charge is -2.41. The van der Waals surface area contributed by atoms with E-state index in [2.05, 4.69) is 34.4 Å². The Balaban J connectivity index is 1.38. The number of aliphatic hydroxyl groups excluding tert-OH is 1. The molecule has 1 unspecified atom stereocenters. The smallest absolute Gasteiger partial charge is 0.313 e. The number of carbonyl (C=O) groups excluding carboxylic acids is 4. The van der Waals surface area contributed by atoms with Gasteiger partial charge in [-0.05, 0) is 47.2 Å². The Bertz CT molecular complexity index is 1850. The minimum Gasteiger partial charge on any atom is -0.455 e. The number of esters is 1. The number of nitrogens with zero attached hydrogens (tertiary/aromatic N) is 2. The molecule has 0 radical (unpaired) electrons. The van der Waals surface area contributed by atoms with Gasteiger partial charge >= 0.3 is 5.97 Å². The second-order valence-electron chi connectivity index (χ2n) is 14.3. The van der Waals surface area contributed by atoms with E-state index in [1.54, 1.807) is 17.1 Å². The van der Waals surface area contributed by atoms with Crippen LogP contribution in [0.4, 0.5) is 5.69 Å². The number of anilines is 1. The Morgan fingerprint density at radius 1 is 1.09 bits per heavy atom. The molecular formula is C42H48BrN3O7. The average Bonchev–Trinajstić information content (AvgIpc) is 3.77. The molecule has 53 heavy (non-hydrogen) atoms. The van der Waals surface area contributed by atoms with E-state index < -0.39 is 53.6 Å². The first-order valence-electron chi connectivity index (χ1n) is 18.4. The SMILES string of the molecule is C=CCCC(=O)NC[C@H](OC(=O)[C@H]1[C@@H]2O[C@@]3(CC2Br)[C@@H]1C(=O)N([C@@H](CO)[C@@H](C)CC)[C@@H]3C(=O)N(CC=C)c1ccc2ccccc2c1)c1ccccc1. The van der Waals surface area contributed by atoms with Gasteiger partial charge in [-0.3, -0.25) is 19.2 Å². The Morgan fingerprint density at radius 3 is 2.49 bits per heavy atom. The molecule has 3 amide bonds. The second-order valence-corrected chi connectivity index (χ2v) is 15.5. The van der Waals surface area contributed by atoms with Crippen LogP contribution in [0.25, 0.3) is 10.8 Å². The quantitative estimate of drug-likeness (QED) is 0.106. The number of ether oxygens (including phenoxy) is 2. The molecule has 3 aliphatic rings. The van der Waals surface area contributed by atoms with Gasteiger partial charge in [0.2, 0.25) is 11.8 Å². The first-order valence-corrected chi connectivity index (χ1v) is 19.3. The third-order valence-corrected chi connectivity index (χ3v) is 12.0. The molecule has 280 valence electrons. The normalized spacial score (nSPS) is 26.1. The Kier molecular flexibility index (Phi) is 11.9. The number of benzene rings is 3. The molecule has 3 saturated heterocycles. The zero-order valence-electron chi connectivity index (χ0n) is 30.2. The number of allylic oxidation sites excluding steroid dienone is 1. The highest BCUT2D eigenvalue weighted by atomic mass is 79.9. The number of halogens is 1. The molecule has 0 aromatic heterocycles. The Labute approximate surface area is 319 Å². The molecule has 10 nitrogen and oxygen atoms in total. The van der Waals surface area contributed by atoms with Crippen LogP contribution in [-0.2, 0) is 28.7 Å². The minimum absolute atomic E-state index is 0.0293. The van der Waals surface area contributed by atoms with Crippen LogP contribution in [0.1, 0.15) is 51.2 Å². The Hall–Kier alpha value is -4.32. The maximum Gasteiger partial charge on any atom is 0.313 e. The summed E-state index contributed by atoms with van der Waals surface area (Å²) in [5, 5.41) is 15.7. The number of carbonyl (C=O) groups is 4. The van der Waals surface area contributed by atoms with Crippen LogP contribution in [0.5, 0.6) is 0 Å². The van der Waals surface area contributed by atoms with E-state index in [0.29, 0.717) is 30.5 Å². The van der Waals surface area contributed by atoms with Gasteiger partial charge in [0.1, 0.15) is 17.7 Å². The predicted octanol–water partition coefficient (Wildman–Crippen LogP) is 5.88. The van der Waals surface area contributed by atoms with Crippen molar-refractivity contribution in [3.63, 3.8) is 0 Å². The highest BCUT2D eigenvalue weighted by molar-refractivity contribution is 9.09. The van der Waals surface area contributed by atoms with E-state index in [1.165, 1.54) is 4.90 Å². The fourth-order valence-electron chi connectivity index (χ4n) is 8.37. The van der Waals surface area contributed by atoms with Crippen LogP contribution in [-0.4, -0.2) is 82.0 Å². The van der Waals surface area contributed by atoms with Crippen LogP contribution in [0.15, 0.2) is 98.1 Å². The molecule has 2 N–H and O–H groups in total. The van der Waals surface area contributed by atoms with Crippen molar-refractivity contribution in [3.8, 4) is 0 Å². The largest absolute Gasteiger partial charge is 0.455 e. The van der Waals surface area contributed by atoms with Gasteiger partial charge in [-0.2, -0.15) is 0 Å². The minimum atomic E-state index is -1.38. The van der Waals surface area contributed by atoms with Gasteiger partial charge < -0.3 is 29.7 Å². The van der Waals surface area contributed by atoms with E-state index in [1.807, 2.05) is 86.6 Å². The maximum atomic E-state index is 15.2. The summed E-state index contributed by atoms with van der Waals surface area (Å²) in [5.74, 6) is -3.91. The average molecular weight is 787 g/mol. The molecule has 6 rings (SSSR count). The van der Waals surface area contributed by atoms with Crippen molar-refractivity contribution in [2.24, 2.45) is 17.8 Å². The number of hydrogen-bond donors (Lipinski definition) is 2. The van der Waals surface area contributed by atoms with Crippen molar-refractivity contribution in [2.45, 2.75) is 74.3 Å². The second kappa shape index (κ2) is 16.4. The van der Waals surface area contributed by atoms with E-state index in [9.17, 15) is 19.5 Å². The van der Waals surface area contributed by atoms with Gasteiger partial charge in [-0.15, -0.1) is 13.2 Å². The highest BCUT2D eigenvalue weighted by Gasteiger charge is 2.77. The number of likely N-dealkylation sites (tertiary alicyclic amines) is 1. The summed E-state index contributed by atoms with van der Waals surface area (Å²) in [6, 6.07) is 20.9. The van der Waals surface area contributed by atoms with Gasteiger partial charge in [0, 0.05) is 23.5 Å². The first kappa shape index (κ1) is 38.4. The summed E-state index contributed by atoms with van der Waals surface area (Å²) >= 11 is 3.76. The van der Waals surface area contributed by atoms with E-state index in [0.717, 1.165) is 10.8 Å². The first-order chi connectivity index (χ1) is 25.6. The lowest BCUT2D eigenvalue weighted by molar-refractivity contribution is -0.161. The zero-order valence-corrected chi connectivity index (χ0v) is 31.8. The van der Waals surface area contributed by atoms with Crippen molar-refractivity contribution in [3.05, 3.63) is 104 Å². The zero-order chi connectivity index (χ0) is 37.9. The van der Waals surface area contributed by atoms with Gasteiger partial charge in [-0.1, -0.05) is 109 Å². The monoisotopic (exact) mass is 785 g/mol. The van der Waals surface area contributed by atoms with E-state index in [-0.39, 0.29) is 48.7 Å². The predicted molar refractivity (Wildman–Crippen MR) is 207 cm³/mol. The van der Waals surface area contributed by atoms with Gasteiger partial charge in [0.25, 0.3) is 5.91 Å². The van der Waals surface area contributed by atoms with Crippen molar-refractivity contribution in [1.82, 2.24) is 10.2 Å². The Morgan fingerprint density at radius 2 is 1.81 bits per heavy atom.